The van der Waals surface area contributed by atoms with E-state index in [2.05, 4.69) is 5.32 Å². The molecule has 1 heterocycles. The summed E-state index contributed by atoms with van der Waals surface area (Å²) in [6.07, 6.45) is 0.864. The highest BCUT2D eigenvalue weighted by Crippen LogP contribution is 2.36. The molecule has 0 radical (unpaired) electrons. The second kappa shape index (κ2) is 4.75. The van der Waals surface area contributed by atoms with Crippen molar-refractivity contribution in [1.82, 2.24) is 0 Å². The average molecular weight is 288 g/mol. The number of aromatic carboxylic acids is 1. The Morgan fingerprint density at radius 1 is 1.44 bits per heavy atom. The summed E-state index contributed by atoms with van der Waals surface area (Å²) in [4.78, 5) is 21.5. The number of sulfone groups is 1. The van der Waals surface area contributed by atoms with Gasteiger partial charge >= 0.3 is 5.97 Å². The molecule has 0 spiro atoms. The molecule has 7 nitrogen and oxygen atoms in total. The third-order valence-corrected chi connectivity index (χ3v) is 4.83. The van der Waals surface area contributed by atoms with Gasteiger partial charge in [-0.05, 0) is 0 Å². The van der Waals surface area contributed by atoms with Gasteiger partial charge in [-0.25, -0.2) is 13.2 Å². The van der Waals surface area contributed by atoms with Crippen LogP contribution in [0.25, 0.3) is 0 Å². The zero-order chi connectivity index (χ0) is 14.1. The van der Waals surface area contributed by atoms with E-state index in [-0.39, 0.29) is 20.3 Å². The molecule has 0 bridgehead atoms. The summed E-state index contributed by atoms with van der Waals surface area (Å²) in [5, 5.41) is 20.0. The fourth-order valence-electron chi connectivity index (χ4n) is 1.22. The number of hydrogen-bond acceptors (Lipinski definition) is 6. The number of carbonyl (C=O) groups is 2. The van der Waals surface area contributed by atoms with Crippen molar-refractivity contribution in [2.75, 3.05) is 11.6 Å². The normalized spacial score (nSPS) is 10.7. The minimum Gasteiger partial charge on any atom is -0.477 e. The molecule has 96 valence electrons. The van der Waals surface area contributed by atoms with Crippen molar-refractivity contribution in [2.45, 2.75) is 11.1 Å². The Labute approximate surface area is 107 Å². The Balaban J connectivity index is 3.66. The maximum Gasteiger partial charge on any atom is 0.348 e. The summed E-state index contributed by atoms with van der Waals surface area (Å²) < 4.78 is 22.5. The molecule has 0 aliphatic heterocycles. The molecular weight excluding hydrogens is 280 g/mol. The first-order valence-corrected chi connectivity index (χ1v) is 7.17. The van der Waals surface area contributed by atoms with Gasteiger partial charge in [-0.3, -0.25) is 4.79 Å². The van der Waals surface area contributed by atoms with Gasteiger partial charge in [0.15, 0.2) is 9.84 Å². The fourth-order valence-corrected chi connectivity index (χ4v) is 3.37. The first-order chi connectivity index (χ1) is 8.18. The Morgan fingerprint density at radius 2 is 2.00 bits per heavy atom. The molecule has 1 aromatic heterocycles. The van der Waals surface area contributed by atoms with Crippen LogP contribution in [0.5, 0.6) is 0 Å². The standard InChI is InChI=1S/C9H8N2O5S2/c1-4(12)11-6-5(3-10)9(18(2,15)16)17-7(6)8(13)14/h1-2H3,(H,11,12)(H,13,14). The van der Waals surface area contributed by atoms with Crippen LogP contribution in [-0.4, -0.2) is 31.7 Å². The van der Waals surface area contributed by atoms with Crippen LogP contribution in [0.3, 0.4) is 0 Å². The van der Waals surface area contributed by atoms with Crippen molar-refractivity contribution in [2.24, 2.45) is 0 Å². The highest BCUT2D eigenvalue weighted by molar-refractivity contribution is 7.92. The van der Waals surface area contributed by atoms with Gasteiger partial charge < -0.3 is 10.4 Å². The van der Waals surface area contributed by atoms with Crippen molar-refractivity contribution in [1.29, 1.82) is 5.26 Å². The number of carboxylic acid groups (broad SMARTS) is 1. The number of carboxylic acids is 1. The average Bonchev–Trinajstić information content (AvgIpc) is 2.54. The van der Waals surface area contributed by atoms with E-state index in [4.69, 9.17) is 10.4 Å². The van der Waals surface area contributed by atoms with Crippen molar-refractivity contribution in [3.05, 3.63) is 10.4 Å². The van der Waals surface area contributed by atoms with E-state index < -0.39 is 21.7 Å². The first kappa shape index (κ1) is 14.1. The van der Waals surface area contributed by atoms with Gasteiger partial charge in [-0.15, -0.1) is 11.3 Å². The van der Waals surface area contributed by atoms with E-state index >= 15 is 0 Å². The Kier molecular flexibility index (Phi) is 3.73. The molecule has 0 fully saturated rings. The van der Waals surface area contributed by atoms with Crippen LogP contribution in [-0.2, 0) is 14.6 Å². The van der Waals surface area contributed by atoms with Crippen LogP contribution >= 0.6 is 11.3 Å². The third-order valence-electron chi connectivity index (χ3n) is 1.82. The van der Waals surface area contributed by atoms with Gasteiger partial charge in [0.1, 0.15) is 20.7 Å². The summed E-state index contributed by atoms with van der Waals surface area (Å²) in [5.41, 5.74) is -0.627. The summed E-state index contributed by atoms with van der Waals surface area (Å²) in [7, 11) is -3.74. The summed E-state index contributed by atoms with van der Waals surface area (Å²) in [6, 6.07) is 1.60. The third kappa shape index (κ3) is 2.66. The number of rotatable bonds is 3. The molecule has 0 saturated heterocycles. The van der Waals surface area contributed by atoms with Crippen LogP contribution in [0, 0.1) is 11.3 Å². The molecule has 9 heteroatoms. The van der Waals surface area contributed by atoms with Gasteiger partial charge in [0.2, 0.25) is 5.91 Å². The fraction of sp³-hybridized carbons (Fsp3) is 0.222. The minimum atomic E-state index is -3.74. The van der Waals surface area contributed by atoms with Crippen molar-refractivity contribution in [3.8, 4) is 6.07 Å². The van der Waals surface area contributed by atoms with Crippen molar-refractivity contribution < 1.29 is 23.1 Å². The van der Waals surface area contributed by atoms with Crippen LogP contribution < -0.4 is 5.32 Å². The van der Waals surface area contributed by atoms with E-state index in [1.54, 1.807) is 6.07 Å². The topological polar surface area (TPSA) is 124 Å². The van der Waals surface area contributed by atoms with Gasteiger partial charge in [0, 0.05) is 13.2 Å². The number of nitrogens with one attached hydrogen (secondary N) is 1. The number of nitriles is 1. The van der Waals surface area contributed by atoms with Gasteiger partial charge in [0.25, 0.3) is 0 Å². The zero-order valence-electron chi connectivity index (χ0n) is 9.34. The lowest BCUT2D eigenvalue weighted by molar-refractivity contribution is -0.114. The number of thiophene rings is 1. The SMILES string of the molecule is CC(=O)Nc1c(C(=O)O)sc(S(C)(=O)=O)c1C#N. The van der Waals surface area contributed by atoms with Crippen LogP contribution in [0.2, 0.25) is 0 Å². The second-order valence-electron chi connectivity index (χ2n) is 3.34. The predicted octanol–water partition coefficient (Wildman–Crippen LogP) is 0.680. The number of carbonyl (C=O) groups excluding carboxylic acids is 1. The summed E-state index contributed by atoms with van der Waals surface area (Å²) in [5.74, 6) is -2.00. The molecule has 0 aliphatic carbocycles. The lowest BCUT2D eigenvalue weighted by atomic mass is 10.2. The van der Waals surface area contributed by atoms with Crippen LogP contribution in [0.4, 0.5) is 5.69 Å². The number of anilines is 1. The van der Waals surface area contributed by atoms with E-state index in [1.807, 2.05) is 0 Å². The van der Waals surface area contributed by atoms with E-state index in [0.717, 1.165) is 13.2 Å². The smallest absolute Gasteiger partial charge is 0.348 e. The minimum absolute atomic E-state index is 0.275. The molecule has 0 atom stereocenters. The molecule has 2 N–H and O–H groups in total. The van der Waals surface area contributed by atoms with Crippen LogP contribution in [0.15, 0.2) is 4.21 Å². The number of nitrogens with zero attached hydrogens (tertiary/aromatic N) is 1. The number of hydrogen-bond donors (Lipinski definition) is 2. The lowest BCUT2D eigenvalue weighted by Crippen LogP contribution is -2.10. The molecule has 1 aromatic rings. The maximum atomic E-state index is 11.4. The molecule has 1 amide bonds. The quantitative estimate of drug-likeness (QED) is 0.842. The number of amides is 1. The lowest BCUT2D eigenvalue weighted by Gasteiger charge is -2.01. The molecule has 0 unspecified atom stereocenters. The maximum absolute atomic E-state index is 11.4. The summed E-state index contributed by atoms with van der Waals surface area (Å²) >= 11 is 0.443. The van der Waals surface area contributed by atoms with Crippen molar-refractivity contribution >= 4 is 38.7 Å². The van der Waals surface area contributed by atoms with Gasteiger partial charge in [-0.1, -0.05) is 0 Å². The van der Waals surface area contributed by atoms with E-state index in [1.165, 1.54) is 0 Å². The monoisotopic (exact) mass is 288 g/mol. The summed E-state index contributed by atoms with van der Waals surface area (Å²) in [6.45, 7) is 1.13. The highest BCUT2D eigenvalue weighted by atomic mass is 32.2. The Hall–Kier alpha value is -1.92. The zero-order valence-corrected chi connectivity index (χ0v) is 11.0. The van der Waals surface area contributed by atoms with Gasteiger partial charge in [0.05, 0.1) is 5.69 Å². The molecule has 0 aromatic carbocycles. The Morgan fingerprint density at radius 3 is 2.33 bits per heavy atom. The Bertz CT molecular complexity index is 666. The van der Waals surface area contributed by atoms with E-state index in [9.17, 15) is 18.0 Å². The second-order valence-corrected chi connectivity index (χ2v) is 6.57. The van der Waals surface area contributed by atoms with Gasteiger partial charge in [-0.2, -0.15) is 5.26 Å². The van der Waals surface area contributed by atoms with E-state index in [0.29, 0.717) is 11.3 Å². The molecule has 18 heavy (non-hydrogen) atoms. The largest absolute Gasteiger partial charge is 0.477 e. The predicted molar refractivity (Wildman–Crippen MR) is 63.4 cm³/mol. The highest BCUT2D eigenvalue weighted by Gasteiger charge is 2.28. The molecule has 0 saturated carbocycles. The molecule has 0 aliphatic rings. The van der Waals surface area contributed by atoms with Crippen LogP contribution in [0.1, 0.15) is 22.2 Å². The molecular formula is C9H8N2O5S2. The first-order valence-electron chi connectivity index (χ1n) is 4.46. The van der Waals surface area contributed by atoms with Crippen molar-refractivity contribution in [3.63, 3.8) is 0 Å². The molecule has 1 rings (SSSR count).